The third kappa shape index (κ3) is 3.36. The van der Waals surface area contributed by atoms with Gasteiger partial charge in [0, 0.05) is 23.7 Å². The molecule has 0 aliphatic rings. The van der Waals surface area contributed by atoms with Crippen LogP contribution in [0.5, 0.6) is 0 Å². The van der Waals surface area contributed by atoms with Crippen LogP contribution in [0.25, 0.3) is 28.0 Å². The van der Waals surface area contributed by atoms with Crippen LogP contribution in [0.2, 0.25) is 0 Å². The fraction of sp³-hybridized carbons (Fsp3) is 0.238. The van der Waals surface area contributed by atoms with Crippen LogP contribution in [-0.2, 0) is 6.54 Å². The highest BCUT2D eigenvalue weighted by Crippen LogP contribution is 2.28. The number of aromatic nitrogens is 4. The molecule has 6 nitrogen and oxygen atoms in total. The molecule has 0 atom stereocenters. The summed E-state index contributed by atoms with van der Waals surface area (Å²) in [5.74, 6) is 0.166. The Morgan fingerprint density at radius 2 is 1.93 bits per heavy atom. The normalized spacial score (nSPS) is 11.6. The Morgan fingerprint density at radius 3 is 2.68 bits per heavy atom. The molecule has 28 heavy (non-hydrogen) atoms. The minimum absolute atomic E-state index is 0.336. The number of fused-ring (bicyclic) bond motifs is 1. The molecule has 0 saturated carbocycles. The molecule has 1 N–H and O–H groups in total. The lowest BCUT2D eigenvalue weighted by Crippen LogP contribution is -2.16. The first-order chi connectivity index (χ1) is 13.5. The number of halogens is 1. The van der Waals surface area contributed by atoms with Gasteiger partial charge in [0.2, 0.25) is 0 Å². The van der Waals surface area contributed by atoms with E-state index in [0.717, 1.165) is 30.6 Å². The van der Waals surface area contributed by atoms with Crippen LogP contribution in [0, 0.1) is 5.82 Å². The van der Waals surface area contributed by atoms with Crippen LogP contribution in [0.4, 0.5) is 4.39 Å². The zero-order valence-corrected chi connectivity index (χ0v) is 15.9. The van der Waals surface area contributed by atoms with Crippen molar-refractivity contribution in [1.82, 2.24) is 24.2 Å². The molecule has 7 heteroatoms. The topological polar surface area (TPSA) is 58.9 Å². The zero-order valence-electron chi connectivity index (χ0n) is 15.9. The average molecular weight is 379 g/mol. The van der Waals surface area contributed by atoms with E-state index < -0.39 is 0 Å². The van der Waals surface area contributed by atoms with Gasteiger partial charge in [-0.3, -0.25) is 0 Å². The number of benzene rings is 2. The van der Waals surface area contributed by atoms with Gasteiger partial charge in [-0.25, -0.2) is 18.9 Å². The highest BCUT2D eigenvalue weighted by molar-refractivity contribution is 5.89. The minimum atomic E-state index is -0.351. The van der Waals surface area contributed by atoms with E-state index in [0.29, 0.717) is 16.9 Å². The Morgan fingerprint density at radius 1 is 1.14 bits per heavy atom. The lowest BCUT2D eigenvalue weighted by molar-refractivity contribution is 0.388. The van der Waals surface area contributed by atoms with Crippen molar-refractivity contribution in [2.45, 2.75) is 13.0 Å². The molecule has 0 bridgehead atoms. The molecular weight excluding hydrogens is 357 g/mol. The summed E-state index contributed by atoms with van der Waals surface area (Å²) in [4.78, 5) is 14.7. The minimum Gasteiger partial charge on any atom is -0.345 e. The summed E-state index contributed by atoms with van der Waals surface area (Å²) >= 11 is 0. The molecule has 0 fully saturated rings. The van der Waals surface area contributed by atoms with Crippen LogP contribution >= 0.6 is 0 Å². The number of hydrogen-bond acceptors (Lipinski definition) is 3. The molecule has 4 aromatic rings. The molecule has 2 heterocycles. The molecular formula is C21H22FN5O. The van der Waals surface area contributed by atoms with Crippen molar-refractivity contribution in [3.8, 4) is 17.1 Å². The standard InChI is InChI=1S/C21H22FN5O/c1-25(2)11-6-12-26-14-19(17-13-16(22)9-10-18(17)26)27-20(23-24-21(27)28)15-7-4-3-5-8-15/h3-5,7-10,13-14H,6,11-12H2,1-2H3,(H,24,28). The summed E-state index contributed by atoms with van der Waals surface area (Å²) in [6, 6.07) is 14.2. The average Bonchev–Trinajstić information content (AvgIpc) is 3.22. The van der Waals surface area contributed by atoms with Crippen LogP contribution in [0.3, 0.4) is 0 Å². The van der Waals surface area contributed by atoms with E-state index in [1.165, 1.54) is 16.7 Å². The smallest absolute Gasteiger partial charge is 0.345 e. The third-order valence-corrected chi connectivity index (χ3v) is 4.77. The highest BCUT2D eigenvalue weighted by Gasteiger charge is 2.18. The molecule has 2 aromatic carbocycles. The van der Waals surface area contributed by atoms with E-state index in [-0.39, 0.29) is 11.5 Å². The van der Waals surface area contributed by atoms with Crippen LogP contribution in [-0.4, -0.2) is 44.9 Å². The zero-order chi connectivity index (χ0) is 19.7. The first-order valence-electron chi connectivity index (χ1n) is 9.21. The number of nitrogens with zero attached hydrogens (tertiary/aromatic N) is 4. The van der Waals surface area contributed by atoms with Crippen molar-refractivity contribution in [1.29, 1.82) is 0 Å². The predicted octanol–water partition coefficient (Wildman–Crippen LogP) is 3.27. The Kier molecular flexibility index (Phi) is 4.83. The van der Waals surface area contributed by atoms with Gasteiger partial charge in [0.25, 0.3) is 0 Å². The number of aryl methyl sites for hydroxylation is 1. The number of aromatic amines is 1. The fourth-order valence-electron chi connectivity index (χ4n) is 3.47. The van der Waals surface area contributed by atoms with Gasteiger partial charge in [0.15, 0.2) is 5.82 Å². The van der Waals surface area contributed by atoms with Gasteiger partial charge >= 0.3 is 5.69 Å². The molecule has 2 aromatic heterocycles. The molecule has 0 amide bonds. The van der Waals surface area contributed by atoms with E-state index >= 15 is 0 Å². The van der Waals surface area contributed by atoms with Crippen molar-refractivity contribution in [3.05, 3.63) is 71.0 Å². The van der Waals surface area contributed by atoms with Gasteiger partial charge < -0.3 is 9.47 Å². The van der Waals surface area contributed by atoms with E-state index in [2.05, 4.69) is 19.7 Å². The molecule has 0 aliphatic heterocycles. The van der Waals surface area contributed by atoms with Gasteiger partial charge in [-0.1, -0.05) is 30.3 Å². The summed E-state index contributed by atoms with van der Waals surface area (Å²) in [5.41, 5.74) is 1.97. The predicted molar refractivity (Wildman–Crippen MR) is 108 cm³/mol. The second kappa shape index (κ2) is 7.44. The van der Waals surface area contributed by atoms with Gasteiger partial charge in [-0.15, -0.1) is 0 Å². The quantitative estimate of drug-likeness (QED) is 0.559. The first kappa shape index (κ1) is 18.2. The van der Waals surface area contributed by atoms with Crippen molar-refractivity contribution >= 4 is 10.9 Å². The second-order valence-corrected chi connectivity index (χ2v) is 7.08. The van der Waals surface area contributed by atoms with Crippen molar-refractivity contribution in [2.75, 3.05) is 20.6 Å². The molecule has 0 spiro atoms. The Bertz CT molecular complexity index is 1160. The van der Waals surface area contributed by atoms with E-state index in [9.17, 15) is 9.18 Å². The number of nitrogens with one attached hydrogen (secondary N) is 1. The van der Waals surface area contributed by atoms with E-state index in [1.54, 1.807) is 6.07 Å². The van der Waals surface area contributed by atoms with Crippen molar-refractivity contribution in [2.24, 2.45) is 0 Å². The highest BCUT2D eigenvalue weighted by atomic mass is 19.1. The third-order valence-electron chi connectivity index (χ3n) is 4.77. The Balaban J connectivity index is 1.87. The number of hydrogen-bond donors (Lipinski definition) is 1. The molecule has 144 valence electrons. The summed E-state index contributed by atoms with van der Waals surface area (Å²) < 4.78 is 17.6. The van der Waals surface area contributed by atoms with Crippen molar-refractivity contribution in [3.63, 3.8) is 0 Å². The summed E-state index contributed by atoms with van der Waals surface area (Å²) in [6.07, 6.45) is 2.85. The van der Waals surface area contributed by atoms with E-state index in [4.69, 9.17) is 0 Å². The van der Waals surface area contributed by atoms with Crippen LogP contribution < -0.4 is 5.69 Å². The molecule has 0 saturated heterocycles. The van der Waals surface area contributed by atoms with Gasteiger partial charge in [-0.05, 0) is 45.3 Å². The largest absolute Gasteiger partial charge is 0.348 e. The first-order valence-corrected chi connectivity index (χ1v) is 9.21. The Hall–Kier alpha value is -3.19. The van der Waals surface area contributed by atoms with Crippen LogP contribution in [0.1, 0.15) is 6.42 Å². The molecule has 0 unspecified atom stereocenters. The summed E-state index contributed by atoms with van der Waals surface area (Å²) in [7, 11) is 4.07. The molecule has 0 radical (unpaired) electrons. The van der Waals surface area contributed by atoms with E-state index in [1.807, 2.05) is 50.6 Å². The van der Waals surface area contributed by atoms with Crippen molar-refractivity contribution < 1.29 is 4.39 Å². The van der Waals surface area contributed by atoms with Crippen LogP contribution in [0.15, 0.2) is 59.5 Å². The lowest BCUT2D eigenvalue weighted by atomic mass is 10.2. The van der Waals surface area contributed by atoms with Gasteiger partial charge in [0.1, 0.15) is 5.82 Å². The SMILES string of the molecule is CN(C)CCCn1cc(-n2c(-c3ccccc3)n[nH]c2=O)c2cc(F)ccc21. The molecule has 0 aliphatic carbocycles. The molecule has 4 rings (SSSR count). The number of rotatable bonds is 6. The monoisotopic (exact) mass is 379 g/mol. The maximum atomic E-state index is 14.0. The fourth-order valence-corrected chi connectivity index (χ4v) is 3.47. The van der Waals surface area contributed by atoms with Gasteiger partial charge in [0.05, 0.1) is 11.2 Å². The maximum Gasteiger partial charge on any atom is 0.348 e. The Labute approximate surface area is 161 Å². The van der Waals surface area contributed by atoms with Gasteiger partial charge in [-0.2, -0.15) is 5.10 Å². The second-order valence-electron chi connectivity index (χ2n) is 7.08. The number of H-pyrrole nitrogens is 1. The summed E-state index contributed by atoms with van der Waals surface area (Å²) in [6.45, 7) is 1.71. The lowest BCUT2D eigenvalue weighted by Gasteiger charge is -2.10. The summed E-state index contributed by atoms with van der Waals surface area (Å²) in [5, 5.41) is 7.42. The maximum absolute atomic E-state index is 14.0.